The Morgan fingerprint density at radius 3 is 2.10 bits per heavy atom. The van der Waals surface area contributed by atoms with Gasteiger partial charge in [-0.2, -0.15) is 0 Å². The quantitative estimate of drug-likeness (QED) is 0.469. The number of hydrogen-bond acceptors (Lipinski definition) is 4. The normalized spacial score (nSPS) is 12.2. The summed E-state index contributed by atoms with van der Waals surface area (Å²) in [5, 5.41) is 9.00. The van der Waals surface area contributed by atoms with Gasteiger partial charge in [0.15, 0.2) is 5.76 Å². The van der Waals surface area contributed by atoms with E-state index in [0.29, 0.717) is 0 Å². The molecule has 0 fully saturated rings. The van der Waals surface area contributed by atoms with E-state index in [1.54, 1.807) is 0 Å². The van der Waals surface area contributed by atoms with Crippen LogP contribution in [-0.4, -0.2) is 32.7 Å². The highest BCUT2D eigenvalue weighted by molar-refractivity contribution is 4.88. The van der Waals surface area contributed by atoms with Gasteiger partial charge in [0.05, 0.1) is 7.11 Å². The van der Waals surface area contributed by atoms with Gasteiger partial charge < -0.3 is 19.3 Å². The third kappa shape index (κ3) is 2.70. The molecule has 60 valence electrons. The van der Waals surface area contributed by atoms with Crippen LogP contribution in [-0.2, 0) is 14.2 Å². The lowest BCUT2D eigenvalue weighted by atomic mass is 10.5. The van der Waals surface area contributed by atoms with Crippen LogP contribution in [0.25, 0.3) is 0 Å². The van der Waals surface area contributed by atoms with Gasteiger partial charge in [0, 0.05) is 14.2 Å². The smallest absolute Gasteiger partial charge is 0.219 e. The van der Waals surface area contributed by atoms with Crippen LogP contribution in [0.4, 0.5) is 0 Å². The second-order valence-electron chi connectivity index (χ2n) is 1.58. The zero-order valence-electron chi connectivity index (χ0n) is 6.33. The lowest BCUT2D eigenvalue weighted by Crippen LogP contribution is -2.15. The SMILES string of the molecule is CO/C=C(\O)C(OC)OC. The molecule has 0 atom stereocenters. The molecule has 0 spiro atoms. The van der Waals surface area contributed by atoms with Crippen LogP contribution in [0.15, 0.2) is 12.0 Å². The molecule has 0 bridgehead atoms. The maximum absolute atomic E-state index is 9.00. The molecule has 1 N–H and O–H groups in total. The molecule has 0 aliphatic heterocycles. The highest BCUT2D eigenvalue weighted by Gasteiger charge is 2.09. The second-order valence-corrected chi connectivity index (χ2v) is 1.58. The van der Waals surface area contributed by atoms with Crippen molar-refractivity contribution < 1.29 is 19.3 Å². The van der Waals surface area contributed by atoms with Crippen molar-refractivity contribution in [1.29, 1.82) is 0 Å². The van der Waals surface area contributed by atoms with E-state index in [9.17, 15) is 0 Å². The minimum Gasteiger partial charge on any atom is -0.505 e. The van der Waals surface area contributed by atoms with Gasteiger partial charge in [-0.05, 0) is 0 Å². The van der Waals surface area contributed by atoms with Crippen molar-refractivity contribution in [2.45, 2.75) is 6.29 Å². The van der Waals surface area contributed by atoms with E-state index in [2.05, 4.69) is 4.74 Å². The lowest BCUT2D eigenvalue weighted by Gasteiger charge is -2.10. The molecule has 0 aliphatic rings. The predicted octanol–water partition coefficient (Wildman–Crippen LogP) is 0.651. The molecule has 0 aliphatic carbocycles. The van der Waals surface area contributed by atoms with Crippen molar-refractivity contribution in [3.05, 3.63) is 12.0 Å². The van der Waals surface area contributed by atoms with Crippen molar-refractivity contribution in [3.8, 4) is 0 Å². The van der Waals surface area contributed by atoms with E-state index in [-0.39, 0.29) is 5.76 Å². The molecule has 0 radical (unpaired) electrons. The Bertz CT molecular complexity index is 106. The summed E-state index contributed by atoms with van der Waals surface area (Å²) < 4.78 is 13.9. The second kappa shape index (κ2) is 5.08. The summed E-state index contributed by atoms with van der Waals surface area (Å²) in [4.78, 5) is 0. The van der Waals surface area contributed by atoms with Crippen molar-refractivity contribution >= 4 is 0 Å². The van der Waals surface area contributed by atoms with Crippen molar-refractivity contribution in [2.75, 3.05) is 21.3 Å². The van der Waals surface area contributed by atoms with Crippen LogP contribution in [0.1, 0.15) is 0 Å². The molecule has 4 heteroatoms. The monoisotopic (exact) mass is 148 g/mol. The fourth-order valence-corrected chi connectivity index (χ4v) is 0.514. The van der Waals surface area contributed by atoms with Crippen molar-refractivity contribution in [2.24, 2.45) is 0 Å². The van der Waals surface area contributed by atoms with E-state index < -0.39 is 6.29 Å². The topological polar surface area (TPSA) is 47.9 Å². The van der Waals surface area contributed by atoms with E-state index in [1.807, 2.05) is 0 Å². The average molecular weight is 148 g/mol. The van der Waals surface area contributed by atoms with Crippen LogP contribution < -0.4 is 0 Å². The first-order valence-corrected chi connectivity index (χ1v) is 2.73. The van der Waals surface area contributed by atoms with E-state index in [1.165, 1.54) is 21.3 Å². The molecule has 0 aromatic carbocycles. The molecule has 0 aromatic rings. The molecule has 0 saturated carbocycles. The minimum absolute atomic E-state index is 0.0903. The van der Waals surface area contributed by atoms with Gasteiger partial charge in [-0.15, -0.1) is 0 Å². The predicted molar refractivity (Wildman–Crippen MR) is 35.5 cm³/mol. The highest BCUT2D eigenvalue weighted by atomic mass is 16.7. The standard InChI is InChI=1S/C6H12O4/c1-8-4-5(7)6(9-2)10-3/h4,6-7H,1-3H3/b5-4-. The summed E-state index contributed by atoms with van der Waals surface area (Å²) in [5.41, 5.74) is 0. The van der Waals surface area contributed by atoms with Crippen molar-refractivity contribution in [3.63, 3.8) is 0 Å². The Hall–Kier alpha value is -0.740. The molecule has 0 unspecified atom stereocenters. The molecular weight excluding hydrogens is 136 g/mol. The molecule has 0 amide bonds. The van der Waals surface area contributed by atoms with Gasteiger partial charge in [-0.1, -0.05) is 0 Å². The maximum Gasteiger partial charge on any atom is 0.219 e. The molecule has 0 saturated heterocycles. The molecule has 0 heterocycles. The molecule has 4 nitrogen and oxygen atoms in total. The highest BCUT2D eigenvalue weighted by Crippen LogP contribution is 2.01. The van der Waals surface area contributed by atoms with Gasteiger partial charge >= 0.3 is 0 Å². The Morgan fingerprint density at radius 2 is 1.80 bits per heavy atom. The summed E-state index contributed by atoms with van der Waals surface area (Å²) in [5.74, 6) is -0.0903. The Kier molecular flexibility index (Phi) is 4.70. The number of hydrogen-bond donors (Lipinski definition) is 1. The average Bonchev–Trinajstić information content (AvgIpc) is 1.91. The van der Waals surface area contributed by atoms with Gasteiger partial charge in [0.1, 0.15) is 6.26 Å². The fourth-order valence-electron chi connectivity index (χ4n) is 0.514. The summed E-state index contributed by atoms with van der Waals surface area (Å²) in [6.07, 6.45) is 0.414. The summed E-state index contributed by atoms with van der Waals surface area (Å²) in [7, 11) is 4.28. The first-order chi connectivity index (χ1) is 4.76. The molecule has 0 aromatic heterocycles. The first-order valence-electron chi connectivity index (χ1n) is 2.73. The Labute approximate surface area is 60.0 Å². The lowest BCUT2D eigenvalue weighted by molar-refractivity contribution is -0.0983. The van der Waals surface area contributed by atoms with Gasteiger partial charge in [0.25, 0.3) is 0 Å². The van der Waals surface area contributed by atoms with Crippen LogP contribution in [0.3, 0.4) is 0 Å². The number of rotatable bonds is 4. The summed E-state index contributed by atoms with van der Waals surface area (Å²) >= 11 is 0. The van der Waals surface area contributed by atoms with E-state index in [0.717, 1.165) is 6.26 Å². The fraction of sp³-hybridized carbons (Fsp3) is 0.667. The van der Waals surface area contributed by atoms with Crippen molar-refractivity contribution in [1.82, 2.24) is 0 Å². The molecule has 0 rings (SSSR count). The zero-order chi connectivity index (χ0) is 7.98. The Balaban J connectivity index is 3.87. The van der Waals surface area contributed by atoms with E-state index in [4.69, 9.17) is 14.6 Å². The first kappa shape index (κ1) is 9.26. The number of aliphatic hydroxyl groups excluding tert-OH is 1. The third-order valence-corrected chi connectivity index (χ3v) is 0.908. The summed E-state index contributed by atoms with van der Waals surface area (Å²) in [6, 6.07) is 0. The van der Waals surface area contributed by atoms with Gasteiger partial charge in [0.2, 0.25) is 6.29 Å². The van der Waals surface area contributed by atoms with Gasteiger partial charge in [-0.3, -0.25) is 0 Å². The third-order valence-electron chi connectivity index (χ3n) is 0.908. The molecule has 10 heavy (non-hydrogen) atoms. The maximum atomic E-state index is 9.00. The van der Waals surface area contributed by atoms with Crippen LogP contribution in [0, 0.1) is 0 Å². The molecular formula is C6H12O4. The van der Waals surface area contributed by atoms with Crippen LogP contribution in [0.5, 0.6) is 0 Å². The number of ether oxygens (including phenoxy) is 3. The minimum atomic E-state index is -0.736. The zero-order valence-corrected chi connectivity index (χ0v) is 6.33. The number of methoxy groups -OCH3 is 3. The number of aliphatic hydroxyl groups is 1. The van der Waals surface area contributed by atoms with Gasteiger partial charge in [-0.25, -0.2) is 0 Å². The van der Waals surface area contributed by atoms with Crippen LogP contribution >= 0.6 is 0 Å². The van der Waals surface area contributed by atoms with E-state index >= 15 is 0 Å². The Morgan fingerprint density at radius 1 is 1.30 bits per heavy atom. The summed E-state index contributed by atoms with van der Waals surface area (Å²) in [6.45, 7) is 0. The van der Waals surface area contributed by atoms with Crippen LogP contribution in [0.2, 0.25) is 0 Å². The largest absolute Gasteiger partial charge is 0.505 e.